The van der Waals surface area contributed by atoms with Gasteiger partial charge in [-0.3, -0.25) is 34.3 Å². The number of nitrogens with one attached hydrogen (secondary N) is 1. The number of imide groups is 2. The normalized spacial score (nSPS) is 21.7. The first-order valence-electron chi connectivity index (χ1n) is 19.3. The van der Waals surface area contributed by atoms with Gasteiger partial charge in [-0.1, -0.05) is 0 Å². The van der Waals surface area contributed by atoms with Crippen LogP contribution in [0.25, 0.3) is 20.8 Å². The minimum atomic E-state index is -0.955. The molecular formula is C41H45N7O6S. The lowest BCUT2D eigenvalue weighted by atomic mass is 10.0. The van der Waals surface area contributed by atoms with Crippen molar-refractivity contribution in [2.24, 2.45) is 0 Å². The van der Waals surface area contributed by atoms with Crippen molar-refractivity contribution in [2.45, 2.75) is 43.9 Å². The molecule has 4 saturated heterocycles. The summed E-state index contributed by atoms with van der Waals surface area (Å²) >= 11 is 1.69. The topological polar surface area (TPSA) is 128 Å². The third-order valence-electron chi connectivity index (χ3n) is 11.7. The van der Waals surface area contributed by atoms with E-state index in [2.05, 4.69) is 49.2 Å². The van der Waals surface area contributed by atoms with Crippen LogP contribution in [0, 0.1) is 0 Å². The summed E-state index contributed by atoms with van der Waals surface area (Å²) in [6, 6.07) is 19.1. The minimum absolute atomic E-state index is 0.105. The van der Waals surface area contributed by atoms with Gasteiger partial charge in [0, 0.05) is 88.8 Å². The van der Waals surface area contributed by atoms with E-state index in [1.165, 1.54) is 5.69 Å². The number of hydrogen-bond acceptors (Lipinski definition) is 12. The van der Waals surface area contributed by atoms with Crippen LogP contribution in [0.2, 0.25) is 0 Å². The van der Waals surface area contributed by atoms with E-state index in [9.17, 15) is 19.2 Å². The maximum atomic E-state index is 13.3. The molecule has 14 heteroatoms. The second-order valence-electron chi connectivity index (χ2n) is 15.1. The van der Waals surface area contributed by atoms with Gasteiger partial charge in [-0.15, -0.1) is 11.3 Å². The summed E-state index contributed by atoms with van der Waals surface area (Å²) < 4.78 is 13.0. The van der Waals surface area contributed by atoms with Gasteiger partial charge in [0.25, 0.3) is 11.8 Å². The van der Waals surface area contributed by atoms with Crippen LogP contribution in [0.4, 0.5) is 11.4 Å². The molecule has 0 bridgehead atoms. The first kappa shape index (κ1) is 35.8. The molecule has 6 heterocycles. The number of benzene rings is 3. The predicted molar refractivity (Wildman–Crippen MR) is 210 cm³/mol. The van der Waals surface area contributed by atoms with Gasteiger partial charge in [0.2, 0.25) is 11.8 Å². The highest BCUT2D eigenvalue weighted by Crippen LogP contribution is 2.35. The summed E-state index contributed by atoms with van der Waals surface area (Å²) in [6.07, 6.45) is 2.98. The van der Waals surface area contributed by atoms with Crippen molar-refractivity contribution in [2.75, 3.05) is 82.4 Å². The van der Waals surface area contributed by atoms with Crippen LogP contribution < -0.4 is 19.9 Å². The number of piperidine rings is 2. The van der Waals surface area contributed by atoms with E-state index in [0.29, 0.717) is 17.2 Å². The van der Waals surface area contributed by atoms with E-state index < -0.39 is 23.8 Å². The van der Waals surface area contributed by atoms with Crippen molar-refractivity contribution < 1.29 is 28.7 Å². The molecule has 286 valence electrons. The molecule has 0 aliphatic carbocycles. The third-order valence-corrected chi connectivity index (χ3v) is 12.8. The number of thiazole rings is 1. The molecule has 3 aromatic carbocycles. The zero-order valence-corrected chi connectivity index (χ0v) is 31.8. The molecule has 5 aliphatic heterocycles. The summed E-state index contributed by atoms with van der Waals surface area (Å²) in [6.45, 7) is 9.51. The molecule has 1 N–H and O–H groups in total. The molecule has 4 fully saturated rings. The van der Waals surface area contributed by atoms with Gasteiger partial charge >= 0.3 is 0 Å². The number of methoxy groups -OCH3 is 1. The molecule has 1 atom stereocenters. The van der Waals surface area contributed by atoms with Crippen LogP contribution in [0.5, 0.6) is 5.75 Å². The smallest absolute Gasteiger partial charge is 0.262 e. The van der Waals surface area contributed by atoms with Crippen LogP contribution in [0.15, 0.2) is 60.7 Å². The molecule has 0 spiro atoms. The summed E-state index contributed by atoms with van der Waals surface area (Å²) in [4.78, 5) is 65.9. The minimum Gasteiger partial charge on any atom is -0.497 e. The number of rotatable bonds is 10. The van der Waals surface area contributed by atoms with Crippen molar-refractivity contribution >= 4 is 56.6 Å². The second kappa shape index (κ2) is 15.0. The molecule has 1 aromatic heterocycles. The lowest BCUT2D eigenvalue weighted by Crippen LogP contribution is -2.54. The Morgan fingerprint density at radius 1 is 0.745 bits per heavy atom. The average molecular weight is 764 g/mol. The van der Waals surface area contributed by atoms with E-state index in [4.69, 9.17) is 14.5 Å². The highest BCUT2D eigenvalue weighted by Gasteiger charge is 2.45. The van der Waals surface area contributed by atoms with Gasteiger partial charge in [-0.05, 0) is 79.9 Å². The lowest BCUT2D eigenvalue weighted by molar-refractivity contribution is -0.136. The van der Waals surface area contributed by atoms with Crippen molar-refractivity contribution in [1.82, 2.24) is 25.0 Å². The van der Waals surface area contributed by atoms with Gasteiger partial charge in [0.05, 0.1) is 40.7 Å². The SMILES string of the molecule is COc1ccc2nc(-c3ccc(N4CC(OC5CCN(CCN6CCN(c7ccc8c(c7)C(=O)N(C7CCC(=O)NC7=O)C8=O)CC6)CC5)C4)cc3)sc2c1. The Kier molecular flexibility index (Phi) is 9.75. The van der Waals surface area contributed by atoms with E-state index in [-0.39, 0.29) is 24.9 Å². The quantitative estimate of drug-likeness (QED) is 0.237. The molecule has 0 saturated carbocycles. The number of carbonyl (C=O) groups is 4. The standard InChI is InChI=1S/C41H45N7O6S/c1-53-30-7-9-34-36(23-30)55-39(42-34)26-2-4-27(5-3-26)47-24-31(25-47)54-29-12-14-44(15-13-29)16-17-45-18-20-46(21-19-45)28-6-8-32-33(22-28)41(52)48(40(32)51)35-10-11-37(49)43-38(35)50/h2-9,22-23,29,31,35H,10-21,24-25H2,1H3,(H,43,49,50). The number of anilines is 2. The summed E-state index contributed by atoms with van der Waals surface area (Å²) in [5, 5.41) is 3.27. The lowest BCUT2D eigenvalue weighted by Gasteiger charge is -2.44. The Hall–Kier alpha value is -4.89. The Bertz CT molecular complexity index is 2120. The number of aromatic nitrogens is 1. The van der Waals surface area contributed by atoms with Gasteiger partial charge in [-0.25, -0.2) is 4.98 Å². The fourth-order valence-electron chi connectivity index (χ4n) is 8.41. The molecule has 4 aromatic rings. The number of carbonyl (C=O) groups excluding carboxylic acids is 4. The molecule has 0 radical (unpaired) electrons. The Balaban J connectivity index is 0.684. The van der Waals surface area contributed by atoms with Gasteiger partial charge in [0.1, 0.15) is 16.8 Å². The highest BCUT2D eigenvalue weighted by molar-refractivity contribution is 7.21. The van der Waals surface area contributed by atoms with Crippen LogP contribution in [0.3, 0.4) is 0 Å². The number of hydrogen-bond donors (Lipinski definition) is 1. The monoisotopic (exact) mass is 763 g/mol. The van der Waals surface area contributed by atoms with Gasteiger partial charge in [0.15, 0.2) is 0 Å². The van der Waals surface area contributed by atoms with Crippen LogP contribution in [-0.4, -0.2) is 134 Å². The van der Waals surface area contributed by atoms with Crippen molar-refractivity contribution in [1.29, 1.82) is 0 Å². The summed E-state index contributed by atoms with van der Waals surface area (Å²) in [7, 11) is 1.69. The Morgan fingerprint density at radius 3 is 2.18 bits per heavy atom. The molecular weight excluding hydrogens is 719 g/mol. The molecule has 55 heavy (non-hydrogen) atoms. The third kappa shape index (κ3) is 7.19. The zero-order valence-electron chi connectivity index (χ0n) is 30.9. The van der Waals surface area contributed by atoms with Crippen molar-refractivity contribution in [3.8, 4) is 16.3 Å². The first-order valence-corrected chi connectivity index (χ1v) is 20.1. The highest BCUT2D eigenvalue weighted by atomic mass is 32.1. The van der Waals surface area contributed by atoms with E-state index >= 15 is 0 Å². The largest absolute Gasteiger partial charge is 0.497 e. The van der Waals surface area contributed by atoms with Crippen molar-refractivity contribution in [3.05, 3.63) is 71.8 Å². The van der Waals surface area contributed by atoms with Crippen LogP contribution in [-0.2, 0) is 14.3 Å². The van der Waals surface area contributed by atoms with E-state index in [1.54, 1.807) is 30.6 Å². The van der Waals surface area contributed by atoms with Gasteiger partial charge < -0.3 is 24.2 Å². The molecule has 13 nitrogen and oxygen atoms in total. The number of piperazine rings is 1. The molecule has 9 rings (SSSR count). The second-order valence-corrected chi connectivity index (χ2v) is 16.1. The number of fused-ring (bicyclic) bond motifs is 2. The summed E-state index contributed by atoms with van der Waals surface area (Å²) in [5.74, 6) is -1.07. The molecule has 4 amide bonds. The number of ether oxygens (including phenoxy) is 2. The Labute approximate surface area is 323 Å². The van der Waals surface area contributed by atoms with E-state index in [1.807, 2.05) is 24.3 Å². The number of nitrogens with zero attached hydrogens (tertiary/aromatic N) is 6. The number of amides is 4. The van der Waals surface area contributed by atoms with Crippen LogP contribution >= 0.6 is 11.3 Å². The van der Waals surface area contributed by atoms with Crippen molar-refractivity contribution in [3.63, 3.8) is 0 Å². The summed E-state index contributed by atoms with van der Waals surface area (Å²) in [5.41, 5.74) is 4.88. The van der Waals surface area contributed by atoms with Crippen LogP contribution in [0.1, 0.15) is 46.4 Å². The maximum absolute atomic E-state index is 13.3. The zero-order chi connectivity index (χ0) is 37.6. The molecule has 5 aliphatic rings. The van der Waals surface area contributed by atoms with E-state index in [0.717, 1.165) is 115 Å². The first-order chi connectivity index (χ1) is 26.8. The number of likely N-dealkylation sites (tertiary alicyclic amines) is 1. The maximum Gasteiger partial charge on any atom is 0.262 e. The van der Waals surface area contributed by atoms with Gasteiger partial charge in [-0.2, -0.15) is 0 Å². The Morgan fingerprint density at radius 2 is 1.45 bits per heavy atom. The fraction of sp³-hybridized carbons (Fsp3) is 0.439. The molecule has 1 unspecified atom stereocenters. The predicted octanol–water partition coefficient (Wildman–Crippen LogP) is 3.86. The fourth-order valence-corrected chi connectivity index (χ4v) is 9.41. The average Bonchev–Trinajstić information content (AvgIpc) is 3.73.